The van der Waals surface area contributed by atoms with Crippen LogP contribution in [-0.4, -0.2) is 26.5 Å². The van der Waals surface area contributed by atoms with Crippen molar-refractivity contribution in [2.24, 2.45) is 0 Å². The molecule has 2 rings (SSSR count). The Balaban J connectivity index is 2.65. The monoisotopic (exact) mass is 284 g/mol. The third-order valence-corrected chi connectivity index (χ3v) is 2.98. The number of rotatable bonds is 4. The highest BCUT2D eigenvalue weighted by atomic mass is 35.5. The Morgan fingerprint density at radius 1 is 1.05 bits per heavy atom. The van der Waals surface area contributed by atoms with E-state index in [0.717, 1.165) is 0 Å². The predicted octanol–water partition coefficient (Wildman–Crippen LogP) is 2.60. The summed E-state index contributed by atoms with van der Waals surface area (Å²) in [6, 6.07) is 3.35. The second kappa shape index (κ2) is 5.27. The molecule has 0 aliphatic rings. The molecular weight excluding hydrogens is 272 g/mol. The Morgan fingerprint density at radius 2 is 1.63 bits per heavy atom. The van der Waals surface area contributed by atoms with Gasteiger partial charge in [-0.1, -0.05) is 16.8 Å². The fraction of sp³-hybridized carbons (Fsp3) is 0.250. The topological polar surface area (TPSA) is 79.7 Å². The highest BCUT2D eigenvalue weighted by Crippen LogP contribution is 2.43. The summed E-state index contributed by atoms with van der Waals surface area (Å²) in [7, 11) is 4.60. The molecule has 102 valence electrons. The average Bonchev–Trinajstić information content (AvgIpc) is 2.77. The lowest BCUT2D eigenvalue weighted by atomic mass is 10.1. The summed E-state index contributed by atoms with van der Waals surface area (Å²) in [6.07, 6.45) is 0. The second-order valence-electron chi connectivity index (χ2n) is 3.62. The van der Waals surface area contributed by atoms with Crippen LogP contribution in [0.25, 0.3) is 11.3 Å². The molecule has 1 aromatic carbocycles. The van der Waals surface area contributed by atoms with Gasteiger partial charge in [-0.15, -0.1) is 0 Å². The first-order valence-electron chi connectivity index (χ1n) is 5.33. The van der Waals surface area contributed by atoms with Gasteiger partial charge in [0.15, 0.2) is 23.1 Å². The zero-order valence-electron chi connectivity index (χ0n) is 10.7. The molecule has 7 heteroatoms. The molecule has 0 aliphatic heterocycles. The molecule has 0 fully saturated rings. The molecule has 0 unspecified atom stereocenters. The Hall–Kier alpha value is -2.08. The maximum Gasteiger partial charge on any atom is 0.191 e. The van der Waals surface area contributed by atoms with E-state index >= 15 is 0 Å². The summed E-state index contributed by atoms with van der Waals surface area (Å²) in [4.78, 5) is 0. The van der Waals surface area contributed by atoms with Crippen LogP contribution in [0.3, 0.4) is 0 Å². The van der Waals surface area contributed by atoms with Gasteiger partial charge in [-0.3, -0.25) is 0 Å². The van der Waals surface area contributed by atoms with Crippen molar-refractivity contribution in [2.45, 2.75) is 0 Å². The molecular formula is C12H13ClN2O4. The number of ether oxygens (including phenoxy) is 3. The average molecular weight is 285 g/mol. The minimum absolute atomic E-state index is 0.119. The van der Waals surface area contributed by atoms with Crippen LogP contribution in [0.5, 0.6) is 17.2 Å². The molecule has 2 N–H and O–H groups in total. The standard InChI is InChI=1S/C12H13ClN2O4/c1-16-7-5-9(18-3)8(17-2)4-6(7)11-10(13)12(14)15-19-11/h4-5H,1-3H3,(H2,14,15). The lowest BCUT2D eigenvalue weighted by Crippen LogP contribution is -1.94. The third-order valence-electron chi connectivity index (χ3n) is 2.61. The first kappa shape index (κ1) is 13.4. The van der Waals surface area contributed by atoms with E-state index in [4.69, 9.17) is 36.1 Å². The quantitative estimate of drug-likeness (QED) is 0.929. The van der Waals surface area contributed by atoms with Crippen LogP contribution in [0, 0.1) is 0 Å². The SMILES string of the molecule is COc1cc(OC)c(-c2onc(N)c2Cl)cc1OC. The van der Waals surface area contributed by atoms with Crippen molar-refractivity contribution in [3.63, 3.8) is 0 Å². The molecule has 0 aliphatic carbocycles. The summed E-state index contributed by atoms with van der Waals surface area (Å²) in [5, 5.41) is 3.84. The molecule has 19 heavy (non-hydrogen) atoms. The number of nitrogens with zero attached hydrogens (tertiary/aromatic N) is 1. The summed E-state index contributed by atoms with van der Waals surface area (Å²) in [6.45, 7) is 0. The number of nitrogen functional groups attached to an aromatic ring is 1. The van der Waals surface area contributed by atoms with E-state index in [-0.39, 0.29) is 10.8 Å². The minimum atomic E-state index is 0.119. The minimum Gasteiger partial charge on any atom is -0.496 e. The normalized spacial score (nSPS) is 10.3. The van der Waals surface area contributed by atoms with E-state index in [9.17, 15) is 0 Å². The van der Waals surface area contributed by atoms with E-state index in [0.29, 0.717) is 28.6 Å². The molecule has 1 heterocycles. The van der Waals surface area contributed by atoms with Gasteiger partial charge in [-0.05, 0) is 6.07 Å². The van der Waals surface area contributed by atoms with Crippen LogP contribution >= 0.6 is 11.6 Å². The fourth-order valence-electron chi connectivity index (χ4n) is 1.67. The predicted molar refractivity (Wildman–Crippen MR) is 71.0 cm³/mol. The van der Waals surface area contributed by atoms with Gasteiger partial charge in [-0.25, -0.2) is 0 Å². The highest BCUT2D eigenvalue weighted by molar-refractivity contribution is 6.35. The molecule has 0 radical (unpaired) electrons. The number of halogens is 1. The van der Waals surface area contributed by atoms with Crippen LogP contribution < -0.4 is 19.9 Å². The number of benzene rings is 1. The molecule has 0 atom stereocenters. The van der Waals surface area contributed by atoms with Gasteiger partial charge in [0.25, 0.3) is 0 Å². The van der Waals surface area contributed by atoms with E-state index in [1.807, 2.05) is 0 Å². The molecule has 0 saturated heterocycles. The van der Waals surface area contributed by atoms with Crippen LogP contribution in [-0.2, 0) is 0 Å². The van der Waals surface area contributed by atoms with Gasteiger partial charge in [0, 0.05) is 6.07 Å². The number of anilines is 1. The lowest BCUT2D eigenvalue weighted by molar-refractivity contribution is 0.348. The number of aromatic nitrogens is 1. The summed E-state index contributed by atoms with van der Waals surface area (Å²) in [5.74, 6) is 2.00. The van der Waals surface area contributed by atoms with Crippen molar-refractivity contribution in [1.82, 2.24) is 5.16 Å². The van der Waals surface area contributed by atoms with Gasteiger partial charge in [-0.2, -0.15) is 0 Å². The van der Waals surface area contributed by atoms with Crippen LogP contribution in [0.2, 0.25) is 5.02 Å². The lowest BCUT2D eigenvalue weighted by Gasteiger charge is -2.12. The Kier molecular flexibility index (Phi) is 3.71. The van der Waals surface area contributed by atoms with Crippen molar-refractivity contribution in [3.05, 3.63) is 17.2 Å². The third kappa shape index (κ3) is 2.26. The second-order valence-corrected chi connectivity index (χ2v) is 4.00. The molecule has 0 spiro atoms. The summed E-state index contributed by atoms with van der Waals surface area (Å²) in [5.41, 5.74) is 6.14. The zero-order valence-corrected chi connectivity index (χ0v) is 11.4. The number of hydrogen-bond donors (Lipinski definition) is 1. The molecule has 0 bridgehead atoms. The first-order chi connectivity index (χ1) is 9.12. The van der Waals surface area contributed by atoms with Crippen molar-refractivity contribution >= 4 is 17.4 Å². The summed E-state index contributed by atoms with van der Waals surface area (Å²) >= 11 is 6.03. The number of methoxy groups -OCH3 is 3. The number of hydrogen-bond acceptors (Lipinski definition) is 6. The molecule has 1 aromatic heterocycles. The molecule has 0 saturated carbocycles. The van der Waals surface area contributed by atoms with Crippen LogP contribution in [0.1, 0.15) is 0 Å². The van der Waals surface area contributed by atoms with Crippen molar-refractivity contribution in [2.75, 3.05) is 27.1 Å². The van der Waals surface area contributed by atoms with E-state index in [1.54, 1.807) is 12.1 Å². The summed E-state index contributed by atoms with van der Waals surface area (Å²) < 4.78 is 20.8. The van der Waals surface area contributed by atoms with Gasteiger partial charge in [0.05, 0.1) is 26.9 Å². The Labute approximate surface area is 115 Å². The van der Waals surface area contributed by atoms with E-state index < -0.39 is 0 Å². The van der Waals surface area contributed by atoms with Crippen molar-refractivity contribution in [1.29, 1.82) is 0 Å². The van der Waals surface area contributed by atoms with Gasteiger partial charge in [0.2, 0.25) is 0 Å². The van der Waals surface area contributed by atoms with Gasteiger partial charge < -0.3 is 24.5 Å². The first-order valence-corrected chi connectivity index (χ1v) is 5.71. The Morgan fingerprint density at radius 3 is 2.11 bits per heavy atom. The van der Waals surface area contributed by atoms with E-state index in [1.165, 1.54) is 21.3 Å². The Bertz CT molecular complexity index is 598. The largest absolute Gasteiger partial charge is 0.496 e. The van der Waals surface area contributed by atoms with E-state index in [2.05, 4.69) is 5.16 Å². The number of nitrogens with two attached hydrogens (primary N) is 1. The highest BCUT2D eigenvalue weighted by Gasteiger charge is 2.20. The van der Waals surface area contributed by atoms with Gasteiger partial charge in [0.1, 0.15) is 10.8 Å². The van der Waals surface area contributed by atoms with Crippen molar-refractivity contribution in [3.8, 4) is 28.6 Å². The van der Waals surface area contributed by atoms with Crippen LogP contribution in [0.4, 0.5) is 5.82 Å². The van der Waals surface area contributed by atoms with Crippen molar-refractivity contribution < 1.29 is 18.7 Å². The smallest absolute Gasteiger partial charge is 0.191 e. The van der Waals surface area contributed by atoms with Gasteiger partial charge >= 0.3 is 0 Å². The van der Waals surface area contributed by atoms with Crippen LogP contribution in [0.15, 0.2) is 16.7 Å². The molecule has 0 amide bonds. The molecule has 6 nitrogen and oxygen atoms in total. The maximum absolute atomic E-state index is 6.03. The fourth-order valence-corrected chi connectivity index (χ4v) is 1.84. The maximum atomic E-state index is 6.03. The molecule has 2 aromatic rings. The zero-order chi connectivity index (χ0) is 14.0.